The third kappa shape index (κ3) is 1.94. The Labute approximate surface area is 97.7 Å². The lowest BCUT2D eigenvalue weighted by Crippen LogP contribution is -2.29. The number of anilines is 1. The highest BCUT2D eigenvalue weighted by Gasteiger charge is 2.30. The summed E-state index contributed by atoms with van der Waals surface area (Å²) < 4.78 is 30.7. The molecule has 3 N–H and O–H groups in total. The molecule has 0 saturated heterocycles. The molecule has 7 nitrogen and oxygen atoms in total. The first-order valence-electron chi connectivity index (χ1n) is 4.54. The van der Waals surface area contributed by atoms with E-state index in [9.17, 15) is 13.5 Å². The van der Waals surface area contributed by atoms with Gasteiger partial charge in [0.25, 0.3) is 0 Å². The minimum Gasteiger partial charge on any atom is -0.506 e. The maximum atomic E-state index is 11.6. The Morgan fingerprint density at radius 2 is 2.06 bits per heavy atom. The summed E-state index contributed by atoms with van der Waals surface area (Å²) >= 11 is 0. The van der Waals surface area contributed by atoms with Crippen LogP contribution < -0.4 is 13.8 Å². The molecule has 1 aliphatic heterocycles. The third-order valence-electron chi connectivity index (χ3n) is 2.15. The number of ether oxygens (including phenoxy) is 1. The Morgan fingerprint density at radius 1 is 1.35 bits per heavy atom. The van der Waals surface area contributed by atoms with Gasteiger partial charge in [0.05, 0.1) is 13.3 Å². The predicted octanol–water partition coefficient (Wildman–Crippen LogP) is 0.412. The van der Waals surface area contributed by atoms with Gasteiger partial charge in [0.15, 0.2) is 0 Å². The highest BCUT2D eigenvalue weighted by molar-refractivity contribution is 7.91. The molecule has 0 atom stereocenters. The number of aliphatic hydroxyl groups excluding tert-OH is 1. The number of phenols is 1. The molecule has 0 amide bonds. The lowest BCUT2D eigenvalue weighted by molar-refractivity contribution is 0.392. The van der Waals surface area contributed by atoms with Crippen LogP contribution in [0.25, 0.3) is 0 Å². The summed E-state index contributed by atoms with van der Waals surface area (Å²) in [6.07, 6.45) is 0.948. The number of hydrogen-bond acceptors (Lipinski definition) is 5. The van der Waals surface area contributed by atoms with E-state index in [2.05, 4.69) is 0 Å². The van der Waals surface area contributed by atoms with Gasteiger partial charge in [0.1, 0.15) is 17.2 Å². The second-order valence-corrected chi connectivity index (χ2v) is 4.82. The van der Waals surface area contributed by atoms with E-state index in [1.807, 2.05) is 4.72 Å². The van der Waals surface area contributed by atoms with Crippen LogP contribution in [0.15, 0.2) is 30.3 Å². The molecule has 1 aromatic carbocycles. The Kier molecular flexibility index (Phi) is 2.50. The van der Waals surface area contributed by atoms with Crippen LogP contribution in [0.4, 0.5) is 5.69 Å². The highest BCUT2D eigenvalue weighted by atomic mass is 32.2. The van der Waals surface area contributed by atoms with Crippen LogP contribution in [0.2, 0.25) is 0 Å². The molecule has 2 rings (SSSR count). The Bertz CT molecular complexity index is 581. The van der Waals surface area contributed by atoms with Gasteiger partial charge in [-0.3, -0.25) is 0 Å². The monoisotopic (exact) mass is 258 g/mol. The quantitative estimate of drug-likeness (QED) is 0.713. The molecule has 0 fully saturated rings. The molecule has 0 saturated carbocycles. The summed E-state index contributed by atoms with van der Waals surface area (Å²) in [4.78, 5) is 0. The lowest BCUT2D eigenvalue weighted by Gasteiger charge is -2.15. The topological polar surface area (TPSA) is 99.1 Å². The van der Waals surface area contributed by atoms with E-state index in [0.717, 1.165) is 10.5 Å². The summed E-state index contributed by atoms with van der Waals surface area (Å²) in [5.41, 5.74) is -0.0131. The molecule has 0 aromatic heterocycles. The molecule has 0 unspecified atom stereocenters. The second kappa shape index (κ2) is 3.74. The average Bonchev–Trinajstić information content (AvgIpc) is 2.52. The van der Waals surface area contributed by atoms with Crippen LogP contribution in [-0.4, -0.2) is 25.7 Å². The first-order chi connectivity index (χ1) is 7.94. The van der Waals surface area contributed by atoms with E-state index >= 15 is 0 Å². The van der Waals surface area contributed by atoms with Crippen LogP contribution in [0.1, 0.15) is 0 Å². The van der Waals surface area contributed by atoms with E-state index in [-0.39, 0.29) is 11.4 Å². The van der Waals surface area contributed by atoms with Gasteiger partial charge in [0.2, 0.25) is 5.88 Å². The van der Waals surface area contributed by atoms with Crippen molar-refractivity contribution in [1.29, 1.82) is 0 Å². The maximum absolute atomic E-state index is 11.6. The molecule has 1 aromatic rings. The number of rotatable bonds is 2. The van der Waals surface area contributed by atoms with Crippen LogP contribution in [0.5, 0.6) is 11.5 Å². The molecule has 0 bridgehead atoms. The zero-order chi connectivity index (χ0) is 12.6. The van der Waals surface area contributed by atoms with E-state index in [1.54, 1.807) is 0 Å². The molecular formula is C9H10N2O5S. The Morgan fingerprint density at radius 3 is 2.59 bits per heavy atom. The summed E-state index contributed by atoms with van der Waals surface area (Å²) in [6, 6.07) is 4.12. The highest BCUT2D eigenvalue weighted by Crippen LogP contribution is 2.34. The van der Waals surface area contributed by atoms with Crippen molar-refractivity contribution in [2.75, 3.05) is 11.4 Å². The van der Waals surface area contributed by atoms with Gasteiger partial charge in [-0.05, 0) is 12.1 Å². The van der Waals surface area contributed by atoms with Gasteiger partial charge < -0.3 is 14.9 Å². The number of phenolic OH excluding ortho intramolecular Hbond substituents is 1. The van der Waals surface area contributed by atoms with E-state index in [1.165, 1.54) is 25.3 Å². The standard InChI is InChI=1S/C9H10N2O5S/c1-16-6-2-3-8(12)7(4-6)11-5-9(13)10-17(11,14)15/h2-5,10,12-13H,1H3. The van der Waals surface area contributed by atoms with Gasteiger partial charge in [-0.1, -0.05) is 0 Å². The normalized spacial score (nSPS) is 17.5. The Hall–Kier alpha value is -2.09. The van der Waals surface area contributed by atoms with E-state index < -0.39 is 16.1 Å². The van der Waals surface area contributed by atoms with Crippen molar-refractivity contribution < 1.29 is 23.4 Å². The number of methoxy groups -OCH3 is 1. The smallest absolute Gasteiger partial charge is 0.330 e. The van der Waals surface area contributed by atoms with Crippen molar-refractivity contribution in [3.05, 3.63) is 30.3 Å². The van der Waals surface area contributed by atoms with Crippen LogP contribution >= 0.6 is 0 Å². The van der Waals surface area contributed by atoms with Gasteiger partial charge in [-0.2, -0.15) is 8.42 Å². The number of nitrogens with zero attached hydrogens (tertiary/aromatic N) is 1. The maximum Gasteiger partial charge on any atom is 0.330 e. The van der Waals surface area contributed by atoms with Crippen molar-refractivity contribution in [3.8, 4) is 11.5 Å². The summed E-state index contributed by atoms with van der Waals surface area (Å²) in [7, 11) is -2.49. The van der Waals surface area contributed by atoms with Gasteiger partial charge >= 0.3 is 10.2 Å². The molecule has 0 aliphatic carbocycles. The molecule has 17 heavy (non-hydrogen) atoms. The largest absolute Gasteiger partial charge is 0.506 e. The van der Waals surface area contributed by atoms with E-state index in [0.29, 0.717) is 5.75 Å². The molecule has 1 aliphatic rings. The second-order valence-electron chi connectivity index (χ2n) is 3.27. The zero-order valence-corrected chi connectivity index (χ0v) is 9.60. The first kappa shape index (κ1) is 11.4. The van der Waals surface area contributed by atoms with Crippen molar-refractivity contribution in [3.63, 3.8) is 0 Å². The number of aliphatic hydroxyl groups is 1. The predicted molar refractivity (Wildman–Crippen MR) is 59.9 cm³/mol. The van der Waals surface area contributed by atoms with Gasteiger partial charge in [0, 0.05) is 6.07 Å². The van der Waals surface area contributed by atoms with Crippen molar-refractivity contribution in [2.45, 2.75) is 0 Å². The minimum absolute atomic E-state index is 0.0131. The molecule has 92 valence electrons. The fourth-order valence-electron chi connectivity index (χ4n) is 1.39. The van der Waals surface area contributed by atoms with Crippen LogP contribution in [0, 0.1) is 0 Å². The lowest BCUT2D eigenvalue weighted by atomic mass is 10.3. The minimum atomic E-state index is -3.91. The number of benzene rings is 1. The Balaban J connectivity index is 2.54. The molecule has 8 heteroatoms. The van der Waals surface area contributed by atoms with Crippen molar-refractivity contribution in [1.82, 2.24) is 4.72 Å². The summed E-state index contributed by atoms with van der Waals surface area (Å²) in [5.74, 6) is -0.387. The van der Waals surface area contributed by atoms with Crippen molar-refractivity contribution in [2.24, 2.45) is 0 Å². The first-order valence-corrected chi connectivity index (χ1v) is 5.98. The number of aromatic hydroxyl groups is 1. The molecule has 0 radical (unpaired) electrons. The summed E-state index contributed by atoms with van der Waals surface area (Å²) in [5, 5.41) is 18.7. The molecule has 1 heterocycles. The molecule has 0 spiro atoms. The fraction of sp³-hybridized carbons (Fsp3) is 0.111. The van der Waals surface area contributed by atoms with Crippen LogP contribution in [-0.2, 0) is 10.2 Å². The summed E-state index contributed by atoms with van der Waals surface area (Å²) in [6.45, 7) is 0. The zero-order valence-electron chi connectivity index (χ0n) is 8.78. The fourth-order valence-corrected chi connectivity index (χ4v) is 2.45. The average molecular weight is 258 g/mol. The van der Waals surface area contributed by atoms with Gasteiger partial charge in [-0.25, -0.2) is 9.03 Å². The van der Waals surface area contributed by atoms with Crippen LogP contribution in [0.3, 0.4) is 0 Å². The number of nitrogens with one attached hydrogen (secondary N) is 1. The molecular weight excluding hydrogens is 248 g/mol. The van der Waals surface area contributed by atoms with Crippen molar-refractivity contribution >= 4 is 15.9 Å². The SMILES string of the molecule is COc1ccc(O)c(N2C=C(O)NS2(=O)=O)c1. The van der Waals surface area contributed by atoms with E-state index in [4.69, 9.17) is 9.84 Å². The number of hydrogen-bond donors (Lipinski definition) is 3. The third-order valence-corrected chi connectivity index (χ3v) is 3.44. The van der Waals surface area contributed by atoms with Gasteiger partial charge in [-0.15, -0.1) is 0 Å².